The van der Waals surface area contributed by atoms with Gasteiger partial charge < -0.3 is 19.2 Å². The molecule has 1 heterocycles. The van der Waals surface area contributed by atoms with Crippen molar-refractivity contribution in [3.8, 4) is 0 Å². The molecule has 1 fully saturated rings. The standard InChI is InChI=1S/C12H23NO4Si.Li/c1-12(2,3)18(4,5)17-9-6-10(11(15)16)13(7-9)8-14;/h8-10H,6-7H2,1-5H3,(H,15,16);/q;+1/p-1/t9-,10+;/m1./s1. The van der Waals surface area contributed by atoms with Crippen LogP contribution in [0.25, 0.3) is 0 Å². The van der Waals surface area contributed by atoms with Gasteiger partial charge in [0.25, 0.3) is 0 Å². The van der Waals surface area contributed by atoms with Crippen LogP contribution in [0.4, 0.5) is 0 Å². The van der Waals surface area contributed by atoms with Crippen LogP contribution in [0.5, 0.6) is 0 Å². The van der Waals surface area contributed by atoms with Gasteiger partial charge in [-0.15, -0.1) is 0 Å². The molecule has 19 heavy (non-hydrogen) atoms. The van der Waals surface area contributed by atoms with Crippen molar-refractivity contribution >= 4 is 20.7 Å². The Bertz CT molecular complexity index is 343. The molecule has 0 unspecified atom stereocenters. The number of aliphatic carboxylic acids is 1. The van der Waals surface area contributed by atoms with Crippen LogP contribution in [0, 0.1) is 0 Å². The summed E-state index contributed by atoms with van der Waals surface area (Å²) in [5.41, 5.74) is 0. The maximum Gasteiger partial charge on any atom is 1.00 e. The van der Waals surface area contributed by atoms with Gasteiger partial charge in [-0.1, -0.05) is 20.8 Å². The van der Waals surface area contributed by atoms with E-state index in [1.165, 1.54) is 4.90 Å². The van der Waals surface area contributed by atoms with Crippen molar-refractivity contribution in [1.82, 2.24) is 4.90 Å². The van der Waals surface area contributed by atoms with E-state index in [0.29, 0.717) is 19.4 Å². The van der Waals surface area contributed by atoms with Crippen molar-refractivity contribution in [3.05, 3.63) is 0 Å². The van der Waals surface area contributed by atoms with E-state index in [2.05, 4.69) is 33.9 Å². The molecule has 1 amide bonds. The first-order chi connectivity index (χ1) is 8.08. The zero-order valence-electron chi connectivity index (χ0n) is 12.7. The number of carbonyl (C=O) groups is 2. The molecule has 104 valence electrons. The van der Waals surface area contributed by atoms with Crippen LogP contribution in [-0.4, -0.2) is 44.3 Å². The predicted molar refractivity (Wildman–Crippen MR) is 68.3 cm³/mol. The number of carboxylic acid groups (broad SMARTS) is 1. The molecule has 0 spiro atoms. The van der Waals surface area contributed by atoms with Gasteiger partial charge in [-0.2, -0.15) is 0 Å². The van der Waals surface area contributed by atoms with Gasteiger partial charge in [-0.05, 0) is 24.6 Å². The first kappa shape index (κ1) is 18.7. The van der Waals surface area contributed by atoms with Gasteiger partial charge in [0.1, 0.15) is 0 Å². The predicted octanol–water partition coefficient (Wildman–Crippen LogP) is -2.64. The Hall–Kier alpha value is -0.286. The molecular formula is C12H22LiNO4Si. The number of hydrogen-bond acceptors (Lipinski definition) is 4. The van der Waals surface area contributed by atoms with Gasteiger partial charge in [-0.3, -0.25) is 4.79 Å². The number of carboxylic acids is 1. The monoisotopic (exact) mass is 279 g/mol. The summed E-state index contributed by atoms with van der Waals surface area (Å²) in [5, 5.41) is 11.0. The Morgan fingerprint density at radius 3 is 2.26 bits per heavy atom. The SMILES string of the molecule is CC(C)(C)[Si](C)(C)O[C@@H]1C[C@@H](C(=O)[O-])N(C=O)C1.[Li+]. The fourth-order valence-electron chi connectivity index (χ4n) is 1.85. The van der Waals surface area contributed by atoms with Crippen molar-refractivity contribution in [3.63, 3.8) is 0 Å². The van der Waals surface area contributed by atoms with Crippen molar-refractivity contribution in [2.75, 3.05) is 6.54 Å². The number of rotatable bonds is 4. The minimum atomic E-state index is -1.93. The molecule has 0 aromatic carbocycles. The third kappa shape index (κ3) is 4.35. The number of hydrogen-bond donors (Lipinski definition) is 0. The molecule has 5 nitrogen and oxygen atoms in total. The number of carbonyl (C=O) groups excluding carboxylic acids is 2. The van der Waals surface area contributed by atoms with Gasteiger partial charge in [0.15, 0.2) is 8.32 Å². The number of nitrogens with zero attached hydrogens (tertiary/aromatic N) is 1. The zero-order chi connectivity index (χ0) is 14.1. The summed E-state index contributed by atoms with van der Waals surface area (Å²) < 4.78 is 6.12. The van der Waals surface area contributed by atoms with Crippen LogP contribution in [-0.2, 0) is 14.0 Å². The quantitative estimate of drug-likeness (QED) is 0.417. The first-order valence-corrected chi connectivity index (χ1v) is 9.09. The average Bonchev–Trinajstić information content (AvgIpc) is 2.58. The molecule has 2 atom stereocenters. The van der Waals surface area contributed by atoms with Crippen LogP contribution in [0.3, 0.4) is 0 Å². The fraction of sp³-hybridized carbons (Fsp3) is 0.833. The summed E-state index contributed by atoms with van der Waals surface area (Å²) in [6.45, 7) is 11.0. The van der Waals surface area contributed by atoms with E-state index >= 15 is 0 Å². The summed E-state index contributed by atoms with van der Waals surface area (Å²) in [6, 6.07) is -0.850. The largest absolute Gasteiger partial charge is 1.00 e. The van der Waals surface area contributed by atoms with Crippen LogP contribution in [0.15, 0.2) is 0 Å². The maximum absolute atomic E-state index is 10.9. The van der Waals surface area contributed by atoms with Crippen LogP contribution >= 0.6 is 0 Å². The maximum atomic E-state index is 10.9. The van der Waals surface area contributed by atoms with E-state index < -0.39 is 20.3 Å². The minimum absolute atomic E-state index is 0. The number of likely N-dealkylation sites (tertiary alicyclic amines) is 1. The Balaban J connectivity index is 0.00000324. The van der Waals surface area contributed by atoms with E-state index in [9.17, 15) is 14.7 Å². The topological polar surface area (TPSA) is 69.7 Å². The Morgan fingerprint density at radius 1 is 1.42 bits per heavy atom. The molecular weight excluding hydrogens is 257 g/mol. The summed E-state index contributed by atoms with van der Waals surface area (Å²) >= 11 is 0. The Kier molecular flexibility index (Phi) is 6.35. The van der Waals surface area contributed by atoms with E-state index in [1.807, 2.05) is 0 Å². The van der Waals surface area contributed by atoms with Crippen LogP contribution < -0.4 is 24.0 Å². The molecule has 7 heteroatoms. The van der Waals surface area contributed by atoms with Gasteiger partial charge in [-0.25, -0.2) is 0 Å². The minimum Gasteiger partial charge on any atom is -0.548 e. The molecule has 1 aliphatic rings. The van der Waals surface area contributed by atoms with Crippen molar-refractivity contribution in [2.24, 2.45) is 0 Å². The summed E-state index contributed by atoms with van der Waals surface area (Å²) in [6.07, 6.45) is 0.697. The molecule has 1 aliphatic heterocycles. The average molecular weight is 279 g/mol. The Morgan fingerprint density at radius 2 is 1.95 bits per heavy atom. The molecule has 1 rings (SSSR count). The molecule has 0 saturated carbocycles. The van der Waals surface area contributed by atoms with Gasteiger partial charge in [0.2, 0.25) is 6.41 Å². The smallest absolute Gasteiger partial charge is 0.548 e. The molecule has 0 aromatic rings. The summed E-state index contributed by atoms with van der Waals surface area (Å²) in [7, 11) is -1.93. The summed E-state index contributed by atoms with van der Waals surface area (Å²) in [4.78, 5) is 23.0. The normalized spacial score (nSPS) is 23.9. The molecule has 0 bridgehead atoms. The van der Waals surface area contributed by atoms with Crippen molar-refractivity contribution in [2.45, 2.75) is 57.5 Å². The van der Waals surface area contributed by atoms with Gasteiger partial charge in [0, 0.05) is 6.54 Å². The molecule has 1 saturated heterocycles. The van der Waals surface area contributed by atoms with E-state index in [0.717, 1.165) is 0 Å². The Labute approximate surface area is 128 Å². The van der Waals surface area contributed by atoms with Crippen molar-refractivity contribution in [1.29, 1.82) is 0 Å². The van der Waals surface area contributed by atoms with Crippen molar-refractivity contribution < 1.29 is 38.0 Å². The summed E-state index contributed by atoms with van der Waals surface area (Å²) in [5.74, 6) is -1.21. The molecule has 0 aliphatic carbocycles. The fourth-order valence-corrected chi connectivity index (χ4v) is 3.21. The third-order valence-electron chi connectivity index (χ3n) is 3.98. The van der Waals surface area contributed by atoms with E-state index in [-0.39, 0.29) is 30.0 Å². The zero-order valence-corrected chi connectivity index (χ0v) is 13.7. The first-order valence-electron chi connectivity index (χ1n) is 6.18. The number of amides is 1. The van der Waals surface area contributed by atoms with E-state index in [4.69, 9.17) is 4.43 Å². The van der Waals surface area contributed by atoms with E-state index in [1.54, 1.807) is 0 Å². The second kappa shape index (κ2) is 6.44. The molecule has 0 N–H and O–H groups in total. The third-order valence-corrected chi connectivity index (χ3v) is 8.51. The molecule has 0 aromatic heterocycles. The molecule has 0 radical (unpaired) electrons. The van der Waals surface area contributed by atoms with Crippen LogP contribution in [0.2, 0.25) is 18.1 Å². The second-order valence-electron chi connectivity index (χ2n) is 6.37. The van der Waals surface area contributed by atoms with Gasteiger partial charge in [0.05, 0.1) is 18.1 Å². The van der Waals surface area contributed by atoms with Crippen LogP contribution in [0.1, 0.15) is 27.2 Å². The van der Waals surface area contributed by atoms with Gasteiger partial charge >= 0.3 is 18.9 Å². The second-order valence-corrected chi connectivity index (χ2v) is 11.1.